The Labute approximate surface area is 131 Å². The average Bonchev–Trinajstić information content (AvgIpc) is 2.94. The van der Waals surface area contributed by atoms with Crippen LogP contribution in [0, 0.1) is 6.92 Å². The molecule has 0 amide bonds. The van der Waals surface area contributed by atoms with Crippen molar-refractivity contribution < 1.29 is 14.1 Å². The van der Waals surface area contributed by atoms with Gasteiger partial charge in [-0.25, -0.2) is 0 Å². The molecule has 0 spiro atoms. The zero-order valence-electron chi connectivity index (χ0n) is 13.7. The van der Waals surface area contributed by atoms with Crippen molar-refractivity contribution in [1.82, 2.24) is 19.9 Å². The van der Waals surface area contributed by atoms with Gasteiger partial charge < -0.3 is 9.26 Å². The SMILES string of the molecule is CCCC[C@@H](C(=O)OC)N1CCN(Cc2nc(C)no2)CC1. The molecule has 0 radical (unpaired) electrons. The number of rotatable bonds is 7. The van der Waals surface area contributed by atoms with Crippen LogP contribution in [0.1, 0.15) is 37.9 Å². The fraction of sp³-hybridized carbons (Fsp3) is 0.800. The van der Waals surface area contributed by atoms with Gasteiger partial charge in [0.05, 0.1) is 13.7 Å². The van der Waals surface area contributed by atoms with Gasteiger partial charge >= 0.3 is 5.97 Å². The van der Waals surface area contributed by atoms with E-state index < -0.39 is 0 Å². The highest BCUT2D eigenvalue weighted by Crippen LogP contribution is 2.15. The Bertz CT molecular complexity index is 469. The van der Waals surface area contributed by atoms with E-state index in [4.69, 9.17) is 9.26 Å². The van der Waals surface area contributed by atoms with Gasteiger partial charge in [-0.2, -0.15) is 4.98 Å². The molecule has 124 valence electrons. The van der Waals surface area contributed by atoms with E-state index in [0.29, 0.717) is 18.3 Å². The minimum absolute atomic E-state index is 0.113. The fourth-order valence-corrected chi connectivity index (χ4v) is 2.81. The Morgan fingerprint density at radius 3 is 2.64 bits per heavy atom. The summed E-state index contributed by atoms with van der Waals surface area (Å²) in [6.07, 6.45) is 3.00. The summed E-state index contributed by atoms with van der Waals surface area (Å²) in [5.41, 5.74) is 0. The van der Waals surface area contributed by atoms with Crippen LogP contribution in [0.4, 0.5) is 0 Å². The molecule has 0 aliphatic carbocycles. The molecular weight excluding hydrogens is 284 g/mol. The molecule has 2 heterocycles. The van der Waals surface area contributed by atoms with Crippen LogP contribution in [0.3, 0.4) is 0 Å². The first-order valence-corrected chi connectivity index (χ1v) is 7.97. The molecule has 7 heteroatoms. The Morgan fingerprint density at radius 1 is 1.36 bits per heavy atom. The molecule has 1 aliphatic heterocycles. The van der Waals surface area contributed by atoms with Crippen molar-refractivity contribution in [3.05, 3.63) is 11.7 Å². The van der Waals surface area contributed by atoms with E-state index in [1.807, 2.05) is 6.92 Å². The van der Waals surface area contributed by atoms with Gasteiger partial charge in [0, 0.05) is 26.2 Å². The van der Waals surface area contributed by atoms with Gasteiger partial charge in [0.15, 0.2) is 5.82 Å². The van der Waals surface area contributed by atoms with Crippen LogP contribution in [0.5, 0.6) is 0 Å². The molecule has 1 atom stereocenters. The molecule has 0 N–H and O–H groups in total. The molecule has 1 aromatic rings. The number of aromatic nitrogens is 2. The molecule has 1 aliphatic rings. The number of ether oxygens (including phenoxy) is 1. The van der Waals surface area contributed by atoms with Crippen molar-refractivity contribution in [2.75, 3.05) is 33.3 Å². The van der Waals surface area contributed by atoms with Gasteiger partial charge in [0.25, 0.3) is 0 Å². The Balaban J connectivity index is 1.84. The van der Waals surface area contributed by atoms with Gasteiger partial charge in [-0.05, 0) is 13.3 Å². The topological polar surface area (TPSA) is 71.7 Å². The van der Waals surface area contributed by atoms with E-state index in [1.165, 1.54) is 7.11 Å². The van der Waals surface area contributed by atoms with Gasteiger partial charge in [0.1, 0.15) is 6.04 Å². The van der Waals surface area contributed by atoms with Gasteiger partial charge in [-0.1, -0.05) is 24.9 Å². The largest absolute Gasteiger partial charge is 0.468 e. The van der Waals surface area contributed by atoms with E-state index in [-0.39, 0.29) is 12.0 Å². The van der Waals surface area contributed by atoms with Crippen molar-refractivity contribution in [2.45, 2.75) is 45.7 Å². The van der Waals surface area contributed by atoms with Crippen LogP contribution in [0.25, 0.3) is 0 Å². The predicted molar refractivity (Wildman–Crippen MR) is 81.2 cm³/mol. The van der Waals surface area contributed by atoms with Crippen LogP contribution in [-0.2, 0) is 16.1 Å². The summed E-state index contributed by atoms with van der Waals surface area (Å²) in [6.45, 7) is 8.13. The number of esters is 1. The maximum absolute atomic E-state index is 12.0. The molecule has 0 aromatic carbocycles. The quantitative estimate of drug-likeness (QED) is 0.701. The zero-order chi connectivity index (χ0) is 15.9. The lowest BCUT2D eigenvalue weighted by molar-refractivity contribution is -0.148. The number of aryl methyl sites for hydroxylation is 1. The minimum atomic E-state index is -0.116. The molecule has 1 aromatic heterocycles. The summed E-state index contributed by atoms with van der Waals surface area (Å²) in [5, 5.41) is 3.81. The lowest BCUT2D eigenvalue weighted by Gasteiger charge is -2.37. The van der Waals surface area contributed by atoms with Crippen LogP contribution in [0.2, 0.25) is 0 Å². The monoisotopic (exact) mass is 310 g/mol. The van der Waals surface area contributed by atoms with Crippen LogP contribution in [0.15, 0.2) is 4.52 Å². The Morgan fingerprint density at radius 2 is 2.09 bits per heavy atom. The van der Waals surface area contributed by atoms with E-state index in [2.05, 4.69) is 26.9 Å². The van der Waals surface area contributed by atoms with Crippen molar-refractivity contribution in [3.63, 3.8) is 0 Å². The second kappa shape index (κ2) is 8.24. The minimum Gasteiger partial charge on any atom is -0.468 e. The third-order valence-electron chi connectivity index (χ3n) is 4.08. The Kier molecular flexibility index (Phi) is 6.33. The third kappa shape index (κ3) is 4.51. The molecule has 22 heavy (non-hydrogen) atoms. The molecule has 1 saturated heterocycles. The fourth-order valence-electron chi connectivity index (χ4n) is 2.81. The van der Waals surface area contributed by atoms with Crippen LogP contribution >= 0.6 is 0 Å². The zero-order valence-corrected chi connectivity index (χ0v) is 13.7. The lowest BCUT2D eigenvalue weighted by atomic mass is 10.1. The molecule has 0 unspecified atom stereocenters. The second-order valence-corrected chi connectivity index (χ2v) is 5.73. The number of nitrogens with zero attached hydrogens (tertiary/aromatic N) is 4. The summed E-state index contributed by atoms with van der Waals surface area (Å²) in [4.78, 5) is 20.7. The normalized spacial score (nSPS) is 18.3. The third-order valence-corrected chi connectivity index (χ3v) is 4.08. The highest BCUT2D eigenvalue weighted by molar-refractivity contribution is 5.75. The van der Waals surface area contributed by atoms with Crippen LogP contribution < -0.4 is 0 Å². The number of piperazine rings is 1. The second-order valence-electron chi connectivity index (χ2n) is 5.73. The first-order chi connectivity index (χ1) is 10.6. The number of carbonyl (C=O) groups excluding carboxylic acids is 1. The van der Waals surface area contributed by atoms with E-state index in [1.54, 1.807) is 0 Å². The molecule has 2 rings (SSSR count). The molecule has 0 bridgehead atoms. The van der Waals surface area contributed by atoms with Gasteiger partial charge in [-0.15, -0.1) is 0 Å². The van der Waals surface area contributed by atoms with E-state index in [0.717, 1.165) is 45.4 Å². The van der Waals surface area contributed by atoms with E-state index >= 15 is 0 Å². The van der Waals surface area contributed by atoms with Crippen molar-refractivity contribution in [3.8, 4) is 0 Å². The van der Waals surface area contributed by atoms with Crippen molar-refractivity contribution in [1.29, 1.82) is 0 Å². The summed E-state index contributed by atoms with van der Waals surface area (Å²) in [5.74, 6) is 1.20. The van der Waals surface area contributed by atoms with Crippen molar-refractivity contribution in [2.24, 2.45) is 0 Å². The number of hydrogen-bond acceptors (Lipinski definition) is 7. The van der Waals surface area contributed by atoms with E-state index in [9.17, 15) is 4.79 Å². The van der Waals surface area contributed by atoms with Gasteiger partial charge in [0.2, 0.25) is 5.89 Å². The smallest absolute Gasteiger partial charge is 0.323 e. The van der Waals surface area contributed by atoms with Crippen LogP contribution in [-0.4, -0.2) is 65.2 Å². The summed E-state index contributed by atoms with van der Waals surface area (Å²) in [7, 11) is 1.47. The molecule has 7 nitrogen and oxygen atoms in total. The number of carbonyl (C=O) groups is 1. The highest BCUT2D eigenvalue weighted by atomic mass is 16.5. The first-order valence-electron chi connectivity index (χ1n) is 7.97. The lowest BCUT2D eigenvalue weighted by Crippen LogP contribution is -2.52. The predicted octanol–water partition coefficient (Wildman–Crippen LogP) is 1.23. The summed E-state index contributed by atoms with van der Waals surface area (Å²) >= 11 is 0. The Hall–Kier alpha value is -1.47. The summed E-state index contributed by atoms with van der Waals surface area (Å²) in [6, 6.07) is -0.113. The van der Waals surface area contributed by atoms with Gasteiger partial charge in [-0.3, -0.25) is 14.6 Å². The highest BCUT2D eigenvalue weighted by Gasteiger charge is 2.29. The number of methoxy groups -OCH3 is 1. The maximum Gasteiger partial charge on any atom is 0.323 e. The number of unbranched alkanes of at least 4 members (excludes halogenated alkanes) is 1. The number of hydrogen-bond donors (Lipinski definition) is 0. The molecular formula is C15H26N4O3. The average molecular weight is 310 g/mol. The first kappa shape index (κ1) is 16.9. The standard InChI is InChI=1S/C15H26N4O3/c1-4-5-6-13(15(20)21-3)19-9-7-18(8-10-19)11-14-16-12(2)17-22-14/h13H,4-11H2,1-3H3/t13-/m0/s1. The molecule has 1 fully saturated rings. The molecule has 0 saturated carbocycles. The maximum atomic E-state index is 12.0. The van der Waals surface area contributed by atoms with Crippen molar-refractivity contribution >= 4 is 5.97 Å². The summed E-state index contributed by atoms with van der Waals surface area (Å²) < 4.78 is 10.1.